The van der Waals surface area contributed by atoms with Crippen LogP contribution in [0, 0.1) is 6.92 Å². The molecule has 2 rings (SSSR count). The van der Waals surface area contributed by atoms with Gasteiger partial charge in [0.1, 0.15) is 0 Å². The highest BCUT2D eigenvalue weighted by Crippen LogP contribution is 2.32. The van der Waals surface area contributed by atoms with Crippen molar-refractivity contribution >= 4 is 34.5 Å². The van der Waals surface area contributed by atoms with Gasteiger partial charge in [0.25, 0.3) is 0 Å². The van der Waals surface area contributed by atoms with E-state index in [1.165, 1.54) is 10.4 Å². The number of aryl methyl sites for hydroxylation is 1. The van der Waals surface area contributed by atoms with Crippen molar-refractivity contribution in [2.24, 2.45) is 0 Å². The maximum Gasteiger partial charge on any atom is 0.0597 e. The van der Waals surface area contributed by atoms with Gasteiger partial charge < -0.3 is 5.32 Å². The molecule has 0 aliphatic rings. The fourth-order valence-corrected chi connectivity index (χ4v) is 3.10. The van der Waals surface area contributed by atoms with Crippen molar-refractivity contribution in [3.05, 3.63) is 55.7 Å². The molecule has 0 saturated carbocycles. The van der Waals surface area contributed by atoms with Crippen LogP contribution in [-0.2, 0) is 0 Å². The summed E-state index contributed by atoms with van der Waals surface area (Å²) >= 11 is 13.9. The van der Waals surface area contributed by atoms with Gasteiger partial charge in [0, 0.05) is 14.9 Å². The second kappa shape index (κ2) is 5.40. The van der Waals surface area contributed by atoms with Crippen molar-refractivity contribution in [2.45, 2.75) is 13.0 Å². The van der Waals surface area contributed by atoms with Crippen molar-refractivity contribution in [1.29, 1.82) is 0 Å². The zero-order valence-electron chi connectivity index (χ0n) is 9.63. The van der Waals surface area contributed by atoms with E-state index in [-0.39, 0.29) is 6.04 Å². The molecular weight excluding hydrogens is 273 g/mol. The highest BCUT2D eigenvalue weighted by molar-refractivity contribution is 7.10. The van der Waals surface area contributed by atoms with E-state index in [0.717, 1.165) is 5.56 Å². The summed E-state index contributed by atoms with van der Waals surface area (Å²) in [7, 11) is 1.93. The molecule has 0 bridgehead atoms. The molecule has 0 aliphatic carbocycles. The zero-order valence-corrected chi connectivity index (χ0v) is 12.0. The lowest BCUT2D eigenvalue weighted by atomic mass is 10.0. The molecular formula is C13H13Cl2NS. The van der Waals surface area contributed by atoms with Crippen LogP contribution in [0.4, 0.5) is 0 Å². The molecule has 1 atom stereocenters. The van der Waals surface area contributed by atoms with Crippen LogP contribution in [0.25, 0.3) is 0 Å². The van der Waals surface area contributed by atoms with E-state index in [4.69, 9.17) is 23.2 Å². The molecule has 1 unspecified atom stereocenters. The van der Waals surface area contributed by atoms with E-state index in [1.807, 2.05) is 19.2 Å². The molecule has 0 radical (unpaired) electrons. The molecule has 0 amide bonds. The van der Waals surface area contributed by atoms with Crippen LogP contribution in [0.5, 0.6) is 0 Å². The van der Waals surface area contributed by atoms with Crippen molar-refractivity contribution in [2.75, 3.05) is 7.05 Å². The maximum atomic E-state index is 6.24. The van der Waals surface area contributed by atoms with Gasteiger partial charge in [0.15, 0.2) is 0 Å². The average molecular weight is 286 g/mol. The summed E-state index contributed by atoms with van der Waals surface area (Å²) in [5.41, 5.74) is 2.29. The Hall–Kier alpha value is -0.540. The maximum absolute atomic E-state index is 6.24. The topological polar surface area (TPSA) is 12.0 Å². The first kappa shape index (κ1) is 12.9. The van der Waals surface area contributed by atoms with Gasteiger partial charge in [-0.15, -0.1) is 11.3 Å². The summed E-state index contributed by atoms with van der Waals surface area (Å²) in [6.45, 7) is 2.10. The van der Waals surface area contributed by atoms with Gasteiger partial charge in [-0.1, -0.05) is 29.3 Å². The van der Waals surface area contributed by atoms with Crippen LogP contribution in [0.3, 0.4) is 0 Å². The first-order valence-electron chi connectivity index (χ1n) is 5.29. The second-order valence-corrected chi connectivity index (χ2v) is 5.84. The lowest BCUT2D eigenvalue weighted by molar-refractivity contribution is 0.694. The third kappa shape index (κ3) is 2.83. The van der Waals surface area contributed by atoms with Gasteiger partial charge >= 0.3 is 0 Å². The Bertz CT molecular complexity index is 522. The van der Waals surface area contributed by atoms with Gasteiger partial charge in [0.05, 0.1) is 6.04 Å². The van der Waals surface area contributed by atoms with Crippen molar-refractivity contribution in [3.63, 3.8) is 0 Å². The van der Waals surface area contributed by atoms with Gasteiger partial charge in [-0.05, 0) is 48.7 Å². The molecule has 1 heterocycles. The number of halogens is 2. The first-order chi connectivity index (χ1) is 8.11. The minimum Gasteiger partial charge on any atom is -0.309 e. The monoisotopic (exact) mass is 285 g/mol. The number of hydrogen-bond donors (Lipinski definition) is 1. The summed E-state index contributed by atoms with van der Waals surface area (Å²) in [5, 5.41) is 6.80. The van der Waals surface area contributed by atoms with Crippen LogP contribution in [0.1, 0.15) is 22.0 Å². The molecule has 0 saturated heterocycles. The first-order valence-corrected chi connectivity index (χ1v) is 6.92. The highest BCUT2D eigenvalue weighted by Gasteiger charge is 2.16. The van der Waals surface area contributed by atoms with Crippen molar-refractivity contribution < 1.29 is 0 Å². The van der Waals surface area contributed by atoms with E-state index in [1.54, 1.807) is 17.4 Å². The van der Waals surface area contributed by atoms with Crippen LogP contribution >= 0.6 is 34.5 Å². The summed E-state index contributed by atoms with van der Waals surface area (Å²) < 4.78 is 0. The Morgan fingerprint density at radius 1 is 1.24 bits per heavy atom. The lowest BCUT2D eigenvalue weighted by Gasteiger charge is -2.17. The number of hydrogen-bond acceptors (Lipinski definition) is 2. The molecule has 2 aromatic rings. The number of rotatable bonds is 3. The molecule has 4 heteroatoms. The highest BCUT2D eigenvalue weighted by atomic mass is 35.5. The Kier molecular flexibility index (Phi) is 4.10. The standard InChI is InChI=1S/C13H13Cl2NS/c1-8-5-9(7-17-8)13(16-2)11-4-3-10(14)6-12(11)15/h3-7,13,16H,1-2H3. The summed E-state index contributed by atoms with van der Waals surface area (Å²) in [5.74, 6) is 0. The second-order valence-electron chi connectivity index (χ2n) is 3.88. The molecule has 0 aliphatic heterocycles. The molecule has 1 aromatic carbocycles. The minimum atomic E-state index is 0.115. The van der Waals surface area contributed by atoms with E-state index >= 15 is 0 Å². The van der Waals surface area contributed by atoms with Gasteiger partial charge in [-0.3, -0.25) is 0 Å². The van der Waals surface area contributed by atoms with Crippen molar-refractivity contribution in [3.8, 4) is 0 Å². The number of nitrogens with one attached hydrogen (secondary N) is 1. The predicted octanol–water partition coefficient (Wildman–Crippen LogP) is 4.67. The quantitative estimate of drug-likeness (QED) is 0.864. The molecule has 17 heavy (non-hydrogen) atoms. The van der Waals surface area contributed by atoms with Crippen molar-refractivity contribution in [1.82, 2.24) is 5.32 Å². The smallest absolute Gasteiger partial charge is 0.0597 e. The van der Waals surface area contributed by atoms with Crippen LogP contribution in [0.2, 0.25) is 10.0 Å². The normalized spacial score (nSPS) is 12.7. The fraction of sp³-hybridized carbons (Fsp3) is 0.231. The molecule has 90 valence electrons. The van der Waals surface area contributed by atoms with E-state index in [0.29, 0.717) is 10.0 Å². The molecule has 1 nitrogen and oxygen atoms in total. The van der Waals surface area contributed by atoms with E-state index < -0.39 is 0 Å². The molecule has 0 spiro atoms. The predicted molar refractivity (Wildman–Crippen MR) is 76.4 cm³/mol. The zero-order chi connectivity index (χ0) is 12.4. The summed E-state index contributed by atoms with van der Waals surface area (Å²) in [6.07, 6.45) is 0. The lowest BCUT2D eigenvalue weighted by Crippen LogP contribution is -2.17. The van der Waals surface area contributed by atoms with Gasteiger partial charge in [-0.25, -0.2) is 0 Å². The molecule has 1 aromatic heterocycles. The van der Waals surface area contributed by atoms with Crippen LogP contribution in [0.15, 0.2) is 29.6 Å². The third-order valence-corrected chi connectivity index (χ3v) is 4.09. The fourth-order valence-electron chi connectivity index (χ4n) is 1.85. The minimum absolute atomic E-state index is 0.115. The van der Waals surface area contributed by atoms with Gasteiger partial charge in [0.2, 0.25) is 0 Å². The van der Waals surface area contributed by atoms with Crippen LogP contribution < -0.4 is 5.32 Å². The molecule has 0 fully saturated rings. The van der Waals surface area contributed by atoms with Gasteiger partial charge in [-0.2, -0.15) is 0 Å². The summed E-state index contributed by atoms with van der Waals surface area (Å²) in [6, 6.07) is 7.91. The largest absolute Gasteiger partial charge is 0.309 e. The Morgan fingerprint density at radius 3 is 2.53 bits per heavy atom. The summed E-state index contributed by atoms with van der Waals surface area (Å²) in [4.78, 5) is 1.30. The average Bonchev–Trinajstić information content (AvgIpc) is 2.69. The third-order valence-electron chi connectivity index (χ3n) is 2.65. The Morgan fingerprint density at radius 2 is 2.00 bits per heavy atom. The van der Waals surface area contributed by atoms with E-state index in [2.05, 4.69) is 23.7 Å². The SMILES string of the molecule is CNC(c1csc(C)c1)c1ccc(Cl)cc1Cl. The Balaban J connectivity index is 2.42. The Labute approximate surface area is 115 Å². The van der Waals surface area contributed by atoms with E-state index in [9.17, 15) is 0 Å². The van der Waals surface area contributed by atoms with Crippen LogP contribution in [-0.4, -0.2) is 7.05 Å². The number of thiophene rings is 1. The molecule has 1 N–H and O–H groups in total. The number of benzene rings is 1.